The van der Waals surface area contributed by atoms with Gasteiger partial charge in [-0.15, -0.1) is 0 Å². The zero-order valence-corrected chi connectivity index (χ0v) is 14.0. The number of piperidine rings is 1. The van der Waals surface area contributed by atoms with Gasteiger partial charge in [0.25, 0.3) is 0 Å². The van der Waals surface area contributed by atoms with Crippen molar-refractivity contribution in [2.24, 2.45) is 5.41 Å². The van der Waals surface area contributed by atoms with Crippen LogP contribution in [-0.4, -0.2) is 76.9 Å². The molecule has 1 atom stereocenters. The van der Waals surface area contributed by atoms with Crippen LogP contribution in [0.15, 0.2) is 12.4 Å². The molecule has 132 valence electrons. The van der Waals surface area contributed by atoms with Crippen molar-refractivity contribution in [1.29, 1.82) is 0 Å². The molecule has 1 aromatic heterocycles. The van der Waals surface area contributed by atoms with Crippen LogP contribution >= 0.6 is 0 Å². The van der Waals surface area contributed by atoms with Crippen LogP contribution in [0.4, 0.5) is 11.6 Å². The number of likely N-dealkylation sites (N-methyl/N-ethyl adjacent to an activating group) is 1. The number of hydrogen-bond acceptors (Lipinski definition) is 7. The van der Waals surface area contributed by atoms with E-state index in [0.29, 0.717) is 12.4 Å². The number of likely N-dealkylation sites (tertiary alicyclic amines) is 1. The van der Waals surface area contributed by atoms with Gasteiger partial charge in [0, 0.05) is 32.2 Å². The van der Waals surface area contributed by atoms with Gasteiger partial charge in [-0.25, -0.2) is 9.97 Å². The SMILES string of the molecule is CN1CC2(CCN(c3cc(NCCO)ncn3)CC2)C[C@@H]1C(=O)O. The van der Waals surface area contributed by atoms with Crippen molar-refractivity contribution in [3.8, 4) is 0 Å². The summed E-state index contributed by atoms with van der Waals surface area (Å²) in [6.07, 6.45) is 4.22. The Bertz CT molecular complexity index is 589. The van der Waals surface area contributed by atoms with Crippen molar-refractivity contribution < 1.29 is 15.0 Å². The third-order valence-electron chi connectivity index (χ3n) is 5.25. The molecule has 2 saturated heterocycles. The first-order chi connectivity index (χ1) is 11.5. The summed E-state index contributed by atoms with van der Waals surface area (Å²) >= 11 is 0. The van der Waals surface area contributed by atoms with Gasteiger partial charge in [0.05, 0.1) is 6.61 Å². The maximum atomic E-state index is 11.4. The van der Waals surface area contributed by atoms with E-state index in [0.717, 1.165) is 44.7 Å². The second-order valence-electron chi connectivity index (χ2n) is 6.87. The van der Waals surface area contributed by atoms with Crippen LogP contribution in [0.2, 0.25) is 0 Å². The maximum absolute atomic E-state index is 11.4. The van der Waals surface area contributed by atoms with Gasteiger partial charge in [0.15, 0.2) is 0 Å². The Balaban J connectivity index is 1.62. The molecule has 24 heavy (non-hydrogen) atoms. The van der Waals surface area contributed by atoms with Gasteiger partial charge in [-0.2, -0.15) is 0 Å². The highest BCUT2D eigenvalue weighted by atomic mass is 16.4. The smallest absolute Gasteiger partial charge is 0.320 e. The monoisotopic (exact) mass is 335 g/mol. The summed E-state index contributed by atoms with van der Waals surface area (Å²) in [6, 6.07) is 1.54. The predicted octanol–water partition coefficient (Wildman–Crippen LogP) is 0.256. The Kier molecular flexibility index (Phi) is 4.86. The molecule has 0 radical (unpaired) electrons. The van der Waals surface area contributed by atoms with Gasteiger partial charge >= 0.3 is 5.97 Å². The summed E-state index contributed by atoms with van der Waals surface area (Å²) < 4.78 is 0. The highest BCUT2D eigenvalue weighted by Gasteiger charge is 2.46. The first-order valence-corrected chi connectivity index (χ1v) is 8.38. The molecule has 3 N–H and O–H groups in total. The molecular formula is C16H25N5O3. The molecule has 0 amide bonds. The summed E-state index contributed by atoms with van der Waals surface area (Å²) in [5.74, 6) is 0.870. The van der Waals surface area contributed by atoms with Gasteiger partial charge < -0.3 is 20.4 Å². The summed E-state index contributed by atoms with van der Waals surface area (Å²) in [6.45, 7) is 3.12. The highest BCUT2D eigenvalue weighted by Crippen LogP contribution is 2.43. The van der Waals surface area contributed by atoms with E-state index in [1.165, 1.54) is 6.33 Å². The van der Waals surface area contributed by atoms with E-state index in [1.54, 1.807) is 0 Å². The minimum absolute atomic E-state index is 0.0594. The molecule has 2 aliphatic rings. The summed E-state index contributed by atoms with van der Waals surface area (Å²) in [5, 5.41) is 21.3. The summed E-state index contributed by atoms with van der Waals surface area (Å²) in [5.41, 5.74) is 0.110. The second-order valence-corrected chi connectivity index (χ2v) is 6.87. The van der Waals surface area contributed by atoms with Crippen molar-refractivity contribution in [3.05, 3.63) is 12.4 Å². The Labute approximate surface area is 141 Å². The minimum Gasteiger partial charge on any atom is -0.480 e. The van der Waals surface area contributed by atoms with Crippen LogP contribution in [0, 0.1) is 5.41 Å². The third kappa shape index (κ3) is 3.44. The van der Waals surface area contributed by atoms with Crippen LogP contribution in [0.3, 0.4) is 0 Å². The van der Waals surface area contributed by atoms with Crippen LogP contribution in [0.25, 0.3) is 0 Å². The predicted molar refractivity (Wildman–Crippen MR) is 90.2 cm³/mol. The van der Waals surface area contributed by atoms with Crippen LogP contribution in [0.5, 0.6) is 0 Å². The molecule has 8 nitrogen and oxygen atoms in total. The fourth-order valence-electron chi connectivity index (χ4n) is 3.92. The number of rotatable bonds is 5. The zero-order valence-electron chi connectivity index (χ0n) is 14.0. The van der Waals surface area contributed by atoms with Crippen molar-refractivity contribution in [2.45, 2.75) is 25.3 Å². The summed E-state index contributed by atoms with van der Waals surface area (Å²) in [4.78, 5) is 24.1. The third-order valence-corrected chi connectivity index (χ3v) is 5.25. The van der Waals surface area contributed by atoms with E-state index in [1.807, 2.05) is 18.0 Å². The first kappa shape index (κ1) is 16.9. The number of aromatic nitrogens is 2. The molecule has 3 heterocycles. The number of anilines is 2. The number of nitrogens with one attached hydrogen (secondary N) is 1. The summed E-state index contributed by atoms with van der Waals surface area (Å²) in [7, 11) is 1.91. The van der Waals surface area contributed by atoms with Crippen molar-refractivity contribution >= 4 is 17.6 Å². The van der Waals surface area contributed by atoms with Crippen molar-refractivity contribution in [3.63, 3.8) is 0 Å². The highest BCUT2D eigenvalue weighted by molar-refractivity contribution is 5.74. The second kappa shape index (κ2) is 6.90. The van der Waals surface area contributed by atoms with E-state index in [9.17, 15) is 9.90 Å². The standard InChI is InChI=1S/C16H25N5O3/c1-20-10-16(9-12(20)15(23)24)2-5-21(6-3-16)14-8-13(17-4-7-22)18-11-19-14/h8,11-12,22H,2-7,9-10H2,1H3,(H,23,24)(H,17,18,19)/t12-/m1/s1. The minimum atomic E-state index is -0.716. The van der Waals surface area contributed by atoms with E-state index >= 15 is 0 Å². The van der Waals surface area contributed by atoms with Crippen molar-refractivity contribution in [2.75, 3.05) is 50.1 Å². The lowest BCUT2D eigenvalue weighted by atomic mass is 9.76. The molecule has 1 aromatic rings. The molecule has 2 aliphatic heterocycles. The Morgan fingerprint density at radius 2 is 2.17 bits per heavy atom. The fraction of sp³-hybridized carbons (Fsp3) is 0.688. The lowest BCUT2D eigenvalue weighted by Crippen LogP contribution is -2.41. The molecule has 0 saturated carbocycles. The molecule has 1 spiro atoms. The number of hydrogen-bond donors (Lipinski definition) is 3. The van der Waals surface area contributed by atoms with Gasteiger partial charge in [0.1, 0.15) is 24.0 Å². The van der Waals surface area contributed by atoms with Gasteiger partial charge in [0.2, 0.25) is 0 Å². The topological polar surface area (TPSA) is 102 Å². The van der Waals surface area contributed by atoms with Crippen molar-refractivity contribution in [1.82, 2.24) is 14.9 Å². The van der Waals surface area contributed by atoms with Gasteiger partial charge in [-0.05, 0) is 31.7 Å². The first-order valence-electron chi connectivity index (χ1n) is 8.38. The number of carbonyl (C=O) groups is 1. The molecule has 3 rings (SSSR count). The number of aliphatic hydroxyl groups is 1. The van der Waals surface area contributed by atoms with E-state index in [-0.39, 0.29) is 18.1 Å². The van der Waals surface area contributed by atoms with Gasteiger partial charge in [-0.3, -0.25) is 9.69 Å². The molecule has 0 bridgehead atoms. The lowest BCUT2D eigenvalue weighted by molar-refractivity contribution is -0.141. The molecule has 2 fully saturated rings. The van der Waals surface area contributed by atoms with Gasteiger partial charge in [-0.1, -0.05) is 0 Å². The fourth-order valence-corrected chi connectivity index (χ4v) is 3.92. The number of aliphatic carboxylic acids is 1. The van der Waals surface area contributed by atoms with Crippen LogP contribution in [0.1, 0.15) is 19.3 Å². The van der Waals surface area contributed by atoms with E-state index < -0.39 is 5.97 Å². The number of carboxylic acids is 1. The molecule has 0 unspecified atom stereocenters. The molecule has 0 aliphatic carbocycles. The Morgan fingerprint density at radius 1 is 1.42 bits per heavy atom. The number of aliphatic hydroxyl groups excluding tert-OH is 1. The van der Waals surface area contributed by atoms with E-state index in [2.05, 4.69) is 20.2 Å². The Morgan fingerprint density at radius 3 is 2.79 bits per heavy atom. The maximum Gasteiger partial charge on any atom is 0.320 e. The molecule has 8 heteroatoms. The Hall–Kier alpha value is -1.93. The van der Waals surface area contributed by atoms with Crippen LogP contribution < -0.4 is 10.2 Å². The normalized spacial score (nSPS) is 23.6. The van der Waals surface area contributed by atoms with Crippen LogP contribution in [-0.2, 0) is 4.79 Å². The lowest BCUT2D eigenvalue weighted by Gasteiger charge is -2.39. The number of carboxylic acid groups (broad SMARTS) is 1. The van der Waals surface area contributed by atoms with E-state index in [4.69, 9.17) is 5.11 Å². The zero-order chi connectivity index (χ0) is 17.2. The molecule has 0 aromatic carbocycles. The largest absolute Gasteiger partial charge is 0.480 e. The quantitative estimate of drug-likeness (QED) is 0.704. The number of nitrogens with zero attached hydrogens (tertiary/aromatic N) is 4. The average molecular weight is 335 g/mol. The average Bonchev–Trinajstić information content (AvgIpc) is 2.90. The molecular weight excluding hydrogens is 310 g/mol.